The Labute approximate surface area is 211 Å². The third kappa shape index (κ3) is 1.94. The van der Waals surface area contributed by atoms with Crippen LogP contribution < -0.4 is 10.6 Å². The molecule has 4 bridgehead atoms. The standard InChI is InChI=1S/C30H34N2O4/c1-3-10-29-20(22(33)31-24(29)35)18-8-14-27(29,16-18)26(12-6-5-7-13-26)28-15-9-19(17-28)21-23(34)32-25(36)30(21,28)11-4-2/h3-4,8-9,14-15,18-21H,1-2,5-7,10-13,16-17H2,(H,31,33,35)(H,32,34,36). The van der Waals surface area contributed by atoms with Crippen LogP contribution in [0.15, 0.2) is 49.6 Å². The average molecular weight is 487 g/mol. The van der Waals surface area contributed by atoms with Crippen molar-refractivity contribution in [2.24, 2.45) is 50.7 Å². The van der Waals surface area contributed by atoms with Crippen molar-refractivity contribution in [2.75, 3.05) is 0 Å². The van der Waals surface area contributed by atoms with E-state index in [-0.39, 0.29) is 35.5 Å². The summed E-state index contributed by atoms with van der Waals surface area (Å²) >= 11 is 0. The van der Waals surface area contributed by atoms with E-state index in [0.29, 0.717) is 12.8 Å². The first kappa shape index (κ1) is 22.4. The van der Waals surface area contributed by atoms with Gasteiger partial charge >= 0.3 is 0 Å². The van der Waals surface area contributed by atoms with Crippen LogP contribution in [0.4, 0.5) is 0 Å². The quantitative estimate of drug-likeness (QED) is 0.442. The maximum Gasteiger partial charge on any atom is 0.234 e. The number of imide groups is 2. The highest BCUT2D eigenvalue weighted by Gasteiger charge is 2.86. The summed E-state index contributed by atoms with van der Waals surface area (Å²) in [5, 5.41) is 5.44. The van der Waals surface area contributed by atoms with Crippen molar-refractivity contribution < 1.29 is 19.2 Å². The van der Waals surface area contributed by atoms with Crippen LogP contribution in [-0.2, 0) is 19.2 Å². The molecular weight excluding hydrogens is 452 g/mol. The number of amides is 4. The fourth-order valence-corrected chi connectivity index (χ4v) is 11.4. The first-order valence-electron chi connectivity index (χ1n) is 13.6. The minimum atomic E-state index is -0.907. The van der Waals surface area contributed by atoms with Crippen LogP contribution >= 0.6 is 0 Å². The number of carbonyl (C=O) groups is 4. The molecular formula is C30H34N2O4. The van der Waals surface area contributed by atoms with Gasteiger partial charge in [-0.3, -0.25) is 29.8 Å². The zero-order chi connectivity index (χ0) is 25.1. The molecule has 5 fully saturated rings. The Morgan fingerprint density at radius 3 is 1.61 bits per heavy atom. The number of allylic oxidation sites excluding steroid dienone is 6. The zero-order valence-corrected chi connectivity index (χ0v) is 20.7. The molecule has 6 heteroatoms. The van der Waals surface area contributed by atoms with E-state index >= 15 is 0 Å². The van der Waals surface area contributed by atoms with Crippen LogP contribution in [0, 0.1) is 50.7 Å². The maximum atomic E-state index is 13.9. The number of fused-ring (bicyclic) bond motifs is 10. The summed E-state index contributed by atoms with van der Waals surface area (Å²) < 4.78 is 0. The van der Waals surface area contributed by atoms with Crippen molar-refractivity contribution in [3.63, 3.8) is 0 Å². The van der Waals surface area contributed by atoms with E-state index in [4.69, 9.17) is 0 Å². The molecule has 188 valence electrons. The van der Waals surface area contributed by atoms with Crippen LogP contribution in [0.1, 0.15) is 57.8 Å². The Kier molecular flexibility index (Phi) is 4.21. The predicted octanol–water partition coefficient (Wildman–Crippen LogP) is 3.76. The molecule has 0 aromatic carbocycles. The van der Waals surface area contributed by atoms with Crippen LogP contribution in [0.25, 0.3) is 0 Å². The zero-order valence-electron chi connectivity index (χ0n) is 20.7. The Balaban J connectivity index is 1.54. The molecule has 0 spiro atoms. The van der Waals surface area contributed by atoms with E-state index in [9.17, 15) is 19.2 Å². The average Bonchev–Trinajstić information content (AvgIpc) is 3.67. The van der Waals surface area contributed by atoms with E-state index in [1.54, 1.807) is 0 Å². The number of hydrogen-bond acceptors (Lipinski definition) is 4. The maximum absolute atomic E-state index is 13.9. The highest BCUT2D eigenvalue weighted by molar-refractivity contribution is 6.11. The highest BCUT2D eigenvalue weighted by Crippen LogP contribution is 2.85. The van der Waals surface area contributed by atoms with Gasteiger partial charge in [0, 0.05) is 10.8 Å². The van der Waals surface area contributed by atoms with E-state index in [0.717, 1.165) is 44.9 Å². The summed E-state index contributed by atoms with van der Waals surface area (Å²) in [5.41, 5.74) is -3.43. The smallest absolute Gasteiger partial charge is 0.234 e. The lowest BCUT2D eigenvalue weighted by Crippen LogP contribution is -2.65. The monoisotopic (exact) mass is 486 g/mol. The minimum Gasteiger partial charge on any atom is -0.296 e. The van der Waals surface area contributed by atoms with E-state index in [1.807, 2.05) is 12.2 Å². The van der Waals surface area contributed by atoms with Gasteiger partial charge in [-0.25, -0.2) is 0 Å². The largest absolute Gasteiger partial charge is 0.296 e. The molecule has 8 atom stereocenters. The van der Waals surface area contributed by atoms with Crippen molar-refractivity contribution in [2.45, 2.75) is 57.8 Å². The van der Waals surface area contributed by atoms with Gasteiger partial charge in [0.15, 0.2) is 0 Å². The molecule has 4 amide bonds. The third-order valence-electron chi connectivity index (χ3n) is 12.1. The summed E-state index contributed by atoms with van der Waals surface area (Å²) in [6, 6.07) is 0. The summed E-state index contributed by atoms with van der Waals surface area (Å²) in [5.74, 6) is -1.50. The molecule has 2 saturated heterocycles. The van der Waals surface area contributed by atoms with Crippen molar-refractivity contribution in [3.05, 3.63) is 49.6 Å². The van der Waals surface area contributed by atoms with Gasteiger partial charge in [0.1, 0.15) is 0 Å². The van der Waals surface area contributed by atoms with Gasteiger partial charge in [0.2, 0.25) is 23.6 Å². The lowest BCUT2D eigenvalue weighted by atomic mass is 9.35. The van der Waals surface area contributed by atoms with Gasteiger partial charge < -0.3 is 0 Å². The Morgan fingerprint density at radius 2 is 1.19 bits per heavy atom. The van der Waals surface area contributed by atoms with Gasteiger partial charge in [0.25, 0.3) is 0 Å². The third-order valence-corrected chi connectivity index (χ3v) is 12.1. The fraction of sp³-hybridized carbons (Fsp3) is 0.600. The number of carbonyl (C=O) groups excluding carboxylic acids is 4. The molecule has 0 aromatic rings. The molecule has 6 nitrogen and oxygen atoms in total. The van der Waals surface area contributed by atoms with Gasteiger partial charge in [-0.15, -0.1) is 13.2 Å². The molecule has 36 heavy (non-hydrogen) atoms. The molecule has 2 N–H and O–H groups in total. The van der Waals surface area contributed by atoms with Gasteiger partial charge in [-0.05, 0) is 55.8 Å². The second kappa shape index (κ2) is 6.76. The minimum absolute atomic E-state index is 0.000582. The Morgan fingerprint density at radius 1 is 0.750 bits per heavy atom. The molecule has 2 aliphatic heterocycles. The Bertz CT molecular complexity index is 1120. The Hall–Kier alpha value is -2.76. The van der Waals surface area contributed by atoms with Gasteiger partial charge in [-0.1, -0.05) is 55.7 Å². The lowest BCUT2D eigenvalue weighted by molar-refractivity contribution is -0.179. The second-order valence-electron chi connectivity index (χ2n) is 12.6. The normalized spacial score (nSPS) is 48.8. The SMILES string of the molecule is C=CCC12C(=O)NC(=O)C1C1C=CC2(C2(C34C=CC(C3)C3C(=O)NC(=O)C34CC=C)CCCCC2)C1. The number of nitrogens with one attached hydrogen (secondary N) is 2. The van der Waals surface area contributed by atoms with Crippen LogP contribution in [0.2, 0.25) is 0 Å². The molecule has 8 unspecified atom stereocenters. The van der Waals surface area contributed by atoms with Crippen molar-refractivity contribution in [1.82, 2.24) is 10.6 Å². The van der Waals surface area contributed by atoms with Crippen molar-refractivity contribution >= 4 is 23.6 Å². The molecule has 0 radical (unpaired) electrons. The first-order valence-corrected chi connectivity index (χ1v) is 13.6. The van der Waals surface area contributed by atoms with E-state index in [1.165, 1.54) is 0 Å². The molecule has 0 aromatic heterocycles. The summed E-state index contributed by atoms with van der Waals surface area (Å²) in [7, 11) is 0. The molecule has 2 heterocycles. The van der Waals surface area contributed by atoms with Crippen LogP contribution in [-0.4, -0.2) is 23.6 Å². The van der Waals surface area contributed by atoms with Crippen LogP contribution in [0.3, 0.4) is 0 Å². The summed E-state index contributed by atoms with van der Waals surface area (Å²) in [6.45, 7) is 8.06. The van der Waals surface area contributed by atoms with E-state index in [2.05, 4.69) is 48.1 Å². The highest BCUT2D eigenvalue weighted by atomic mass is 16.2. The first-order chi connectivity index (χ1) is 17.3. The molecule has 7 aliphatic rings. The molecule has 3 saturated carbocycles. The van der Waals surface area contributed by atoms with Crippen LogP contribution in [0.5, 0.6) is 0 Å². The molecule has 7 rings (SSSR count). The summed E-state index contributed by atoms with van der Waals surface area (Å²) in [4.78, 5) is 54.4. The topological polar surface area (TPSA) is 92.3 Å². The fourth-order valence-electron chi connectivity index (χ4n) is 11.4. The van der Waals surface area contributed by atoms with Gasteiger partial charge in [-0.2, -0.15) is 0 Å². The molecule has 5 aliphatic carbocycles. The second-order valence-corrected chi connectivity index (χ2v) is 12.6. The predicted molar refractivity (Wildman–Crippen MR) is 133 cm³/mol. The number of hydrogen-bond donors (Lipinski definition) is 2. The van der Waals surface area contributed by atoms with E-state index < -0.39 is 38.9 Å². The lowest BCUT2D eigenvalue weighted by Gasteiger charge is -2.66. The van der Waals surface area contributed by atoms with Gasteiger partial charge in [0.05, 0.1) is 22.7 Å². The van der Waals surface area contributed by atoms with Crippen molar-refractivity contribution in [1.29, 1.82) is 0 Å². The van der Waals surface area contributed by atoms with Crippen molar-refractivity contribution in [3.8, 4) is 0 Å². The number of rotatable bonds is 6. The summed E-state index contributed by atoms with van der Waals surface area (Å²) in [6.07, 6.45) is 19.8.